The molecule has 0 heterocycles. The highest BCUT2D eigenvalue weighted by atomic mass is 79.9. The third-order valence-electron chi connectivity index (χ3n) is 2.76. The number of hydrogen-bond donors (Lipinski definition) is 0. The maximum atomic E-state index is 13.5. The smallest absolute Gasteiger partial charge is 0.137 e. The first-order chi connectivity index (χ1) is 9.00. The second-order valence-corrected chi connectivity index (χ2v) is 5.33. The molecule has 0 saturated carbocycles. The third kappa shape index (κ3) is 3.12. The molecule has 0 amide bonds. The molecule has 0 nitrogen and oxygen atoms in total. The summed E-state index contributed by atoms with van der Waals surface area (Å²) in [6.45, 7) is 0. The predicted octanol–water partition coefficient (Wildman–Crippen LogP) is 5.39. The third-order valence-corrected chi connectivity index (χ3v) is 3.99. The van der Waals surface area contributed by atoms with Gasteiger partial charge in [0, 0.05) is 5.56 Å². The Hall–Kier alpha value is -1.00. The number of alkyl halides is 1. The van der Waals surface area contributed by atoms with E-state index in [1.165, 1.54) is 30.3 Å². The summed E-state index contributed by atoms with van der Waals surface area (Å²) in [7, 11) is 0. The first-order valence-corrected chi connectivity index (χ1v) is 6.74. The molecule has 0 aromatic heterocycles. The van der Waals surface area contributed by atoms with E-state index in [0.29, 0.717) is 5.56 Å². The second-order valence-electron chi connectivity index (χ2n) is 4.01. The van der Waals surface area contributed by atoms with Crippen molar-refractivity contribution in [3.8, 4) is 0 Å². The van der Waals surface area contributed by atoms with Crippen LogP contribution < -0.4 is 0 Å². The molecule has 0 aliphatic heterocycles. The Bertz CT molecular complexity index is 581. The average Bonchev–Trinajstić information content (AvgIpc) is 2.37. The predicted molar refractivity (Wildman–Crippen MR) is 72.8 cm³/mol. The average molecular weight is 350 g/mol. The van der Waals surface area contributed by atoms with Crippen molar-refractivity contribution in [3.05, 3.63) is 69.4 Å². The quantitative estimate of drug-likeness (QED) is 0.652. The standard InChI is InChI=1S/C14H9BrClF3/c15-14-8(3-1-6-13(14)19)10(16)7-9-11(17)4-2-5-12(9)18/h1-6,10H,7H2. The number of hydrogen-bond acceptors (Lipinski definition) is 0. The van der Waals surface area contributed by atoms with Crippen molar-refractivity contribution in [3.63, 3.8) is 0 Å². The van der Waals surface area contributed by atoms with Crippen LogP contribution in [0.1, 0.15) is 16.5 Å². The molecule has 0 N–H and O–H groups in total. The summed E-state index contributed by atoms with van der Waals surface area (Å²) >= 11 is 9.22. The molecule has 2 aromatic rings. The van der Waals surface area contributed by atoms with Gasteiger partial charge >= 0.3 is 0 Å². The zero-order chi connectivity index (χ0) is 14.0. The van der Waals surface area contributed by atoms with E-state index in [-0.39, 0.29) is 16.5 Å². The van der Waals surface area contributed by atoms with Gasteiger partial charge in [-0.2, -0.15) is 0 Å². The van der Waals surface area contributed by atoms with Crippen LogP contribution in [0.15, 0.2) is 40.9 Å². The molecule has 0 radical (unpaired) electrons. The van der Waals surface area contributed by atoms with Crippen LogP contribution in [0.4, 0.5) is 13.2 Å². The highest BCUT2D eigenvalue weighted by Gasteiger charge is 2.18. The Labute approximate surface area is 122 Å². The summed E-state index contributed by atoms with van der Waals surface area (Å²) < 4.78 is 40.6. The topological polar surface area (TPSA) is 0 Å². The van der Waals surface area contributed by atoms with Crippen molar-refractivity contribution in [2.24, 2.45) is 0 Å². The molecule has 0 aliphatic rings. The van der Waals surface area contributed by atoms with Gasteiger partial charge in [0.1, 0.15) is 17.5 Å². The number of halogens is 5. The molecule has 0 fully saturated rings. The van der Waals surface area contributed by atoms with Gasteiger partial charge in [0.25, 0.3) is 0 Å². The van der Waals surface area contributed by atoms with E-state index in [9.17, 15) is 13.2 Å². The lowest BCUT2D eigenvalue weighted by molar-refractivity contribution is 0.552. The highest BCUT2D eigenvalue weighted by molar-refractivity contribution is 9.10. The summed E-state index contributed by atoms with van der Waals surface area (Å²) in [5.74, 6) is -1.77. The first-order valence-electron chi connectivity index (χ1n) is 5.51. The molecule has 0 bridgehead atoms. The van der Waals surface area contributed by atoms with Crippen LogP contribution in [-0.4, -0.2) is 0 Å². The van der Waals surface area contributed by atoms with Crippen molar-refractivity contribution in [2.75, 3.05) is 0 Å². The number of benzene rings is 2. The molecule has 2 rings (SSSR count). The normalized spacial score (nSPS) is 12.5. The van der Waals surface area contributed by atoms with Crippen molar-refractivity contribution >= 4 is 27.5 Å². The zero-order valence-corrected chi connectivity index (χ0v) is 12.0. The molecular formula is C14H9BrClF3. The Kier molecular flexibility index (Phi) is 4.53. The molecule has 0 saturated heterocycles. The van der Waals surface area contributed by atoms with Gasteiger partial charge in [0.15, 0.2) is 0 Å². The van der Waals surface area contributed by atoms with Gasteiger partial charge in [0.05, 0.1) is 9.85 Å². The summed E-state index contributed by atoms with van der Waals surface area (Å²) in [6, 6.07) is 8.02. The maximum absolute atomic E-state index is 13.5. The largest absolute Gasteiger partial charge is 0.207 e. The van der Waals surface area contributed by atoms with Crippen LogP contribution in [0.25, 0.3) is 0 Å². The van der Waals surface area contributed by atoms with Crippen LogP contribution in [-0.2, 0) is 6.42 Å². The van der Waals surface area contributed by atoms with E-state index >= 15 is 0 Å². The minimum Gasteiger partial charge on any atom is -0.207 e. The van der Waals surface area contributed by atoms with Gasteiger partial charge in [-0.15, -0.1) is 11.6 Å². The maximum Gasteiger partial charge on any atom is 0.137 e. The van der Waals surface area contributed by atoms with Gasteiger partial charge in [-0.3, -0.25) is 0 Å². The molecule has 100 valence electrons. The molecule has 0 aliphatic carbocycles. The molecule has 1 atom stereocenters. The van der Waals surface area contributed by atoms with Crippen LogP contribution in [0.3, 0.4) is 0 Å². The summed E-state index contributed by atoms with van der Waals surface area (Å²) in [4.78, 5) is 0. The van der Waals surface area contributed by atoms with E-state index in [1.807, 2.05) is 0 Å². The van der Waals surface area contributed by atoms with Crippen LogP contribution in [0.5, 0.6) is 0 Å². The van der Waals surface area contributed by atoms with Crippen molar-refractivity contribution in [1.82, 2.24) is 0 Å². The fourth-order valence-electron chi connectivity index (χ4n) is 1.78. The molecule has 1 unspecified atom stereocenters. The first kappa shape index (κ1) is 14.4. The van der Waals surface area contributed by atoms with E-state index in [0.717, 1.165) is 0 Å². The van der Waals surface area contributed by atoms with Gasteiger partial charge in [-0.1, -0.05) is 18.2 Å². The lowest BCUT2D eigenvalue weighted by Gasteiger charge is -2.13. The zero-order valence-electron chi connectivity index (χ0n) is 9.64. The van der Waals surface area contributed by atoms with Crippen molar-refractivity contribution in [2.45, 2.75) is 11.8 Å². The fraction of sp³-hybridized carbons (Fsp3) is 0.143. The lowest BCUT2D eigenvalue weighted by atomic mass is 10.0. The lowest BCUT2D eigenvalue weighted by Crippen LogP contribution is -2.03. The van der Waals surface area contributed by atoms with Gasteiger partial charge in [0.2, 0.25) is 0 Å². The monoisotopic (exact) mass is 348 g/mol. The summed E-state index contributed by atoms with van der Waals surface area (Å²) in [5.41, 5.74) is 0.364. The van der Waals surface area contributed by atoms with E-state index in [2.05, 4.69) is 15.9 Å². The van der Waals surface area contributed by atoms with Crippen LogP contribution in [0, 0.1) is 17.5 Å². The molecule has 2 aromatic carbocycles. The Morgan fingerprint density at radius 3 is 2.11 bits per heavy atom. The van der Waals surface area contributed by atoms with Gasteiger partial charge in [-0.05, 0) is 46.1 Å². The minimum absolute atomic E-state index is 0.0535. The van der Waals surface area contributed by atoms with Crippen molar-refractivity contribution in [1.29, 1.82) is 0 Å². The summed E-state index contributed by atoms with van der Waals surface area (Å²) in [6.07, 6.45) is -0.0535. The summed E-state index contributed by atoms with van der Waals surface area (Å²) in [5, 5.41) is -0.725. The molecule has 5 heteroatoms. The molecular weight excluding hydrogens is 341 g/mol. The van der Waals surface area contributed by atoms with Gasteiger partial charge < -0.3 is 0 Å². The second kappa shape index (κ2) is 5.97. The van der Waals surface area contributed by atoms with Crippen molar-refractivity contribution < 1.29 is 13.2 Å². The number of rotatable bonds is 3. The Balaban J connectivity index is 2.31. The van der Waals surface area contributed by atoms with E-state index in [1.54, 1.807) is 6.07 Å². The van der Waals surface area contributed by atoms with E-state index in [4.69, 9.17) is 11.6 Å². The highest BCUT2D eigenvalue weighted by Crippen LogP contribution is 2.33. The van der Waals surface area contributed by atoms with E-state index < -0.39 is 22.8 Å². The Morgan fingerprint density at radius 2 is 1.47 bits per heavy atom. The van der Waals surface area contributed by atoms with Crippen LogP contribution >= 0.6 is 27.5 Å². The Morgan fingerprint density at radius 1 is 0.947 bits per heavy atom. The fourth-order valence-corrected chi connectivity index (χ4v) is 2.79. The SMILES string of the molecule is Fc1cccc(C(Cl)Cc2c(F)cccc2F)c1Br. The molecule has 19 heavy (non-hydrogen) atoms. The van der Waals surface area contributed by atoms with Crippen LogP contribution in [0.2, 0.25) is 0 Å². The minimum atomic E-state index is -0.725. The van der Waals surface area contributed by atoms with Gasteiger partial charge in [-0.25, -0.2) is 13.2 Å². The molecule has 0 spiro atoms.